The Labute approximate surface area is 160 Å². The van der Waals surface area contributed by atoms with Crippen LogP contribution in [0.3, 0.4) is 0 Å². The summed E-state index contributed by atoms with van der Waals surface area (Å²) in [5.41, 5.74) is 1.81. The largest absolute Gasteiger partial charge is 0.353 e. The van der Waals surface area contributed by atoms with E-state index in [1.54, 1.807) is 0 Å². The fraction of sp³-hybridized carbons (Fsp3) is 0.524. The molecule has 1 aromatic carbocycles. The second-order valence-electron chi connectivity index (χ2n) is 7.58. The number of aromatic nitrogens is 1. The molecular weight excluding hydrogens is 340 g/mol. The van der Waals surface area contributed by atoms with Crippen molar-refractivity contribution in [3.63, 3.8) is 0 Å². The first kappa shape index (κ1) is 19.4. The zero-order chi connectivity index (χ0) is 19.4. The van der Waals surface area contributed by atoms with Crippen LogP contribution >= 0.6 is 0 Å². The maximum Gasteiger partial charge on any atom is 0.268 e. The van der Waals surface area contributed by atoms with E-state index in [1.807, 2.05) is 38.1 Å². The van der Waals surface area contributed by atoms with Gasteiger partial charge in [-0.05, 0) is 45.7 Å². The van der Waals surface area contributed by atoms with E-state index in [9.17, 15) is 9.59 Å². The van der Waals surface area contributed by atoms with Crippen molar-refractivity contribution >= 4 is 22.7 Å². The van der Waals surface area contributed by atoms with Gasteiger partial charge in [-0.1, -0.05) is 18.2 Å². The molecule has 1 aliphatic rings. The number of rotatable bonds is 6. The van der Waals surface area contributed by atoms with Crippen molar-refractivity contribution in [1.29, 1.82) is 0 Å². The second kappa shape index (κ2) is 8.57. The molecule has 0 radical (unpaired) electrons. The summed E-state index contributed by atoms with van der Waals surface area (Å²) in [6.07, 6.45) is 1.74. The van der Waals surface area contributed by atoms with Gasteiger partial charge >= 0.3 is 0 Å². The molecule has 146 valence electrons. The maximum absolute atomic E-state index is 12.8. The predicted octanol–water partition coefficient (Wildman–Crippen LogP) is 2.38. The molecule has 27 heavy (non-hydrogen) atoms. The lowest BCUT2D eigenvalue weighted by Gasteiger charge is -2.32. The summed E-state index contributed by atoms with van der Waals surface area (Å²) in [4.78, 5) is 26.9. The number of benzene rings is 1. The van der Waals surface area contributed by atoms with E-state index in [2.05, 4.69) is 33.1 Å². The molecule has 6 heteroatoms. The van der Waals surface area contributed by atoms with E-state index in [4.69, 9.17) is 0 Å². The smallest absolute Gasteiger partial charge is 0.268 e. The molecule has 0 saturated carbocycles. The van der Waals surface area contributed by atoms with Gasteiger partial charge in [0.2, 0.25) is 5.91 Å². The molecule has 1 aromatic heterocycles. The van der Waals surface area contributed by atoms with Crippen LogP contribution in [0.25, 0.3) is 10.9 Å². The number of carbonyl (C=O) groups excluding carboxylic acids is 2. The summed E-state index contributed by atoms with van der Waals surface area (Å²) < 4.78 is 2.07. The molecule has 6 nitrogen and oxygen atoms in total. The Balaban J connectivity index is 1.56. The molecule has 0 bridgehead atoms. The monoisotopic (exact) mass is 370 g/mol. The van der Waals surface area contributed by atoms with Gasteiger partial charge in [-0.25, -0.2) is 0 Å². The molecule has 2 aromatic rings. The van der Waals surface area contributed by atoms with Crippen LogP contribution in [0.4, 0.5) is 0 Å². The number of fused-ring (bicyclic) bond motifs is 1. The minimum absolute atomic E-state index is 0.0101. The van der Waals surface area contributed by atoms with Gasteiger partial charge in [-0.2, -0.15) is 0 Å². The topological polar surface area (TPSA) is 66.4 Å². The Morgan fingerprint density at radius 1 is 1.19 bits per heavy atom. The zero-order valence-electron chi connectivity index (χ0n) is 16.5. The standard InChI is InChI=1S/C21H30N4O2/c1-4-25-18-8-6-5-7-16(18)13-19(25)21(27)23-17-9-11-24(12-10-17)14-20(26)22-15(2)3/h5-8,13,15,17H,4,9-12,14H2,1-3H3,(H,22,26)(H,23,27). The highest BCUT2D eigenvalue weighted by Crippen LogP contribution is 2.20. The van der Waals surface area contributed by atoms with Gasteiger partial charge in [0.1, 0.15) is 5.69 Å². The van der Waals surface area contributed by atoms with Crippen LogP contribution < -0.4 is 10.6 Å². The highest BCUT2D eigenvalue weighted by molar-refractivity contribution is 5.98. The van der Waals surface area contributed by atoms with Gasteiger partial charge < -0.3 is 15.2 Å². The van der Waals surface area contributed by atoms with Gasteiger partial charge in [0.25, 0.3) is 5.91 Å². The summed E-state index contributed by atoms with van der Waals surface area (Å²) in [6, 6.07) is 10.4. The molecule has 2 heterocycles. The number of piperidine rings is 1. The van der Waals surface area contributed by atoms with E-state index >= 15 is 0 Å². The minimum atomic E-state index is -0.0101. The summed E-state index contributed by atoms with van der Waals surface area (Å²) in [6.45, 7) is 8.84. The highest BCUT2D eigenvalue weighted by Gasteiger charge is 2.24. The number of hydrogen-bond donors (Lipinski definition) is 2. The third-order valence-corrected chi connectivity index (χ3v) is 5.10. The summed E-state index contributed by atoms with van der Waals surface area (Å²) >= 11 is 0. The van der Waals surface area contributed by atoms with Crippen molar-refractivity contribution in [3.8, 4) is 0 Å². The lowest BCUT2D eigenvalue weighted by atomic mass is 10.0. The first-order chi connectivity index (χ1) is 13.0. The molecule has 2 N–H and O–H groups in total. The van der Waals surface area contributed by atoms with Crippen LogP contribution in [0, 0.1) is 0 Å². The quantitative estimate of drug-likeness (QED) is 0.820. The fourth-order valence-corrected chi connectivity index (χ4v) is 3.80. The summed E-state index contributed by atoms with van der Waals surface area (Å²) in [5.74, 6) is 0.0593. The summed E-state index contributed by atoms with van der Waals surface area (Å²) in [7, 11) is 0. The van der Waals surface area contributed by atoms with E-state index in [-0.39, 0.29) is 23.9 Å². The second-order valence-corrected chi connectivity index (χ2v) is 7.58. The number of aryl methyl sites for hydroxylation is 1. The predicted molar refractivity (Wildman–Crippen MR) is 108 cm³/mol. The Bertz CT molecular complexity index is 804. The molecule has 1 aliphatic heterocycles. The average Bonchev–Trinajstić information content (AvgIpc) is 3.01. The SMILES string of the molecule is CCn1c(C(=O)NC2CCN(CC(=O)NC(C)C)CC2)cc2ccccc21. The number of amides is 2. The third-order valence-electron chi connectivity index (χ3n) is 5.10. The summed E-state index contributed by atoms with van der Waals surface area (Å²) in [5, 5.41) is 7.21. The van der Waals surface area contributed by atoms with Crippen LogP contribution in [0.1, 0.15) is 44.1 Å². The van der Waals surface area contributed by atoms with Crippen molar-refractivity contribution in [2.45, 2.75) is 52.2 Å². The number of likely N-dealkylation sites (tertiary alicyclic amines) is 1. The molecule has 0 aliphatic carbocycles. The Kier molecular flexibility index (Phi) is 6.16. The molecule has 1 saturated heterocycles. The van der Waals surface area contributed by atoms with Crippen molar-refractivity contribution < 1.29 is 9.59 Å². The Hall–Kier alpha value is -2.34. The lowest BCUT2D eigenvalue weighted by molar-refractivity contribution is -0.123. The van der Waals surface area contributed by atoms with Crippen molar-refractivity contribution in [1.82, 2.24) is 20.1 Å². The van der Waals surface area contributed by atoms with E-state index < -0.39 is 0 Å². The van der Waals surface area contributed by atoms with Crippen LogP contribution in [0.15, 0.2) is 30.3 Å². The van der Waals surface area contributed by atoms with Crippen molar-refractivity contribution in [3.05, 3.63) is 36.0 Å². The highest BCUT2D eigenvalue weighted by atomic mass is 16.2. The molecular formula is C21H30N4O2. The van der Waals surface area contributed by atoms with E-state index in [1.165, 1.54) is 0 Å². The number of para-hydroxylation sites is 1. The van der Waals surface area contributed by atoms with Gasteiger partial charge in [0.05, 0.1) is 6.54 Å². The lowest BCUT2D eigenvalue weighted by Crippen LogP contribution is -2.48. The third kappa shape index (κ3) is 4.69. The zero-order valence-corrected chi connectivity index (χ0v) is 16.5. The van der Waals surface area contributed by atoms with Crippen LogP contribution in [-0.2, 0) is 11.3 Å². The minimum Gasteiger partial charge on any atom is -0.353 e. The Morgan fingerprint density at radius 3 is 2.56 bits per heavy atom. The fourth-order valence-electron chi connectivity index (χ4n) is 3.80. The van der Waals surface area contributed by atoms with Gasteiger partial charge in [0, 0.05) is 42.6 Å². The molecule has 3 rings (SSSR count). The van der Waals surface area contributed by atoms with Crippen molar-refractivity contribution in [2.75, 3.05) is 19.6 Å². The average molecular weight is 370 g/mol. The number of nitrogens with one attached hydrogen (secondary N) is 2. The first-order valence-electron chi connectivity index (χ1n) is 9.88. The van der Waals surface area contributed by atoms with Crippen LogP contribution in [-0.4, -0.2) is 53.0 Å². The van der Waals surface area contributed by atoms with Crippen LogP contribution in [0.2, 0.25) is 0 Å². The van der Waals surface area contributed by atoms with E-state index in [0.717, 1.165) is 49.1 Å². The van der Waals surface area contributed by atoms with Gasteiger partial charge in [0.15, 0.2) is 0 Å². The number of nitrogens with zero attached hydrogens (tertiary/aromatic N) is 2. The van der Waals surface area contributed by atoms with Crippen molar-refractivity contribution in [2.24, 2.45) is 0 Å². The van der Waals surface area contributed by atoms with Gasteiger partial charge in [-0.15, -0.1) is 0 Å². The van der Waals surface area contributed by atoms with E-state index in [0.29, 0.717) is 6.54 Å². The number of hydrogen-bond acceptors (Lipinski definition) is 3. The first-order valence-corrected chi connectivity index (χ1v) is 9.88. The van der Waals surface area contributed by atoms with Crippen LogP contribution in [0.5, 0.6) is 0 Å². The normalized spacial score (nSPS) is 16.0. The molecule has 2 amide bonds. The molecule has 0 unspecified atom stereocenters. The molecule has 0 atom stereocenters. The molecule has 1 fully saturated rings. The van der Waals surface area contributed by atoms with Gasteiger partial charge in [-0.3, -0.25) is 14.5 Å². The Morgan fingerprint density at radius 2 is 1.89 bits per heavy atom. The molecule has 0 spiro atoms. The maximum atomic E-state index is 12.8. The number of carbonyl (C=O) groups is 2.